The molecule has 2 aliphatic rings. The standard InChI is InChI=1S/C22H29N5O4S2/c1-14(2)31-20-5-4-17(33(23,29)30)11-18(20)25-22-26-19(13-32-22)15-3-6-21(24-12-15)27-9-7-16(28)8-10-27/h3-5,11-14,16,21,28H,6-10H2,1-2H3,(H,25,26)(H2,23,29,30). The fraction of sp³-hybridized carbons (Fsp3) is 0.455. The Morgan fingerprint density at radius 3 is 2.70 bits per heavy atom. The van der Waals surface area contributed by atoms with Gasteiger partial charge in [-0.05, 0) is 44.9 Å². The summed E-state index contributed by atoms with van der Waals surface area (Å²) in [6, 6.07) is 4.47. The maximum atomic E-state index is 11.8. The van der Waals surface area contributed by atoms with E-state index in [-0.39, 0.29) is 23.3 Å². The summed E-state index contributed by atoms with van der Waals surface area (Å²) in [5.41, 5.74) is 2.23. The lowest BCUT2D eigenvalue weighted by Gasteiger charge is -2.34. The second kappa shape index (κ2) is 9.90. The zero-order valence-corrected chi connectivity index (χ0v) is 20.3. The van der Waals surface area contributed by atoms with Gasteiger partial charge < -0.3 is 15.2 Å². The molecule has 1 aromatic heterocycles. The highest BCUT2D eigenvalue weighted by atomic mass is 32.2. The quantitative estimate of drug-likeness (QED) is 0.543. The van der Waals surface area contributed by atoms with E-state index < -0.39 is 10.0 Å². The van der Waals surface area contributed by atoms with E-state index in [1.54, 1.807) is 6.07 Å². The molecule has 178 valence electrons. The van der Waals surface area contributed by atoms with E-state index in [9.17, 15) is 13.5 Å². The van der Waals surface area contributed by atoms with Gasteiger partial charge in [0, 0.05) is 36.7 Å². The summed E-state index contributed by atoms with van der Waals surface area (Å²) < 4.78 is 29.4. The van der Waals surface area contributed by atoms with Gasteiger partial charge in [-0.2, -0.15) is 0 Å². The zero-order valence-electron chi connectivity index (χ0n) is 18.6. The lowest BCUT2D eigenvalue weighted by Crippen LogP contribution is -2.42. The molecule has 0 saturated carbocycles. The molecule has 1 fully saturated rings. The smallest absolute Gasteiger partial charge is 0.238 e. The van der Waals surface area contributed by atoms with Crippen molar-refractivity contribution >= 4 is 44.0 Å². The fourth-order valence-electron chi connectivity index (χ4n) is 3.83. The average Bonchev–Trinajstić information content (AvgIpc) is 3.23. The summed E-state index contributed by atoms with van der Waals surface area (Å²) in [4.78, 5) is 11.7. The van der Waals surface area contributed by atoms with Crippen LogP contribution in [0.3, 0.4) is 0 Å². The van der Waals surface area contributed by atoms with Gasteiger partial charge >= 0.3 is 0 Å². The molecule has 2 aliphatic heterocycles. The van der Waals surface area contributed by atoms with E-state index in [1.165, 1.54) is 23.5 Å². The van der Waals surface area contributed by atoms with Gasteiger partial charge in [0.05, 0.1) is 28.5 Å². The van der Waals surface area contributed by atoms with Crippen molar-refractivity contribution < 1.29 is 18.3 Å². The van der Waals surface area contributed by atoms with Crippen LogP contribution in [0.4, 0.5) is 10.8 Å². The predicted molar refractivity (Wildman–Crippen MR) is 131 cm³/mol. The Bertz CT molecular complexity index is 1150. The molecule has 1 unspecified atom stereocenters. The Hall–Kier alpha value is -2.31. The lowest BCUT2D eigenvalue weighted by atomic mass is 10.0. The van der Waals surface area contributed by atoms with Crippen molar-refractivity contribution in [3.63, 3.8) is 0 Å². The van der Waals surface area contributed by atoms with Gasteiger partial charge in [-0.25, -0.2) is 18.5 Å². The molecule has 0 spiro atoms. The number of hydrogen-bond acceptors (Lipinski definition) is 9. The molecular formula is C22H29N5O4S2. The molecule has 0 aliphatic carbocycles. The first-order valence-electron chi connectivity index (χ1n) is 10.9. The normalized spacial score (nSPS) is 20.2. The van der Waals surface area contributed by atoms with Crippen LogP contribution >= 0.6 is 11.3 Å². The number of rotatable bonds is 7. The molecule has 0 amide bonds. The number of aromatic nitrogens is 1. The lowest BCUT2D eigenvalue weighted by molar-refractivity contribution is 0.0632. The SMILES string of the molecule is CC(C)Oc1ccc(S(N)(=O)=O)cc1Nc1nc(C2=CCC(N3CCC(O)CC3)N=C2)cs1. The summed E-state index contributed by atoms with van der Waals surface area (Å²) >= 11 is 1.41. The number of likely N-dealkylation sites (tertiary alicyclic amines) is 1. The molecule has 1 saturated heterocycles. The molecule has 1 aromatic carbocycles. The third-order valence-corrected chi connectivity index (χ3v) is 7.21. The highest BCUT2D eigenvalue weighted by Gasteiger charge is 2.24. The first kappa shape index (κ1) is 23.8. The van der Waals surface area contributed by atoms with Gasteiger partial charge in [0.15, 0.2) is 5.13 Å². The van der Waals surface area contributed by atoms with E-state index >= 15 is 0 Å². The van der Waals surface area contributed by atoms with Gasteiger partial charge in [-0.3, -0.25) is 9.89 Å². The van der Waals surface area contributed by atoms with Crippen molar-refractivity contribution in [1.82, 2.24) is 9.88 Å². The number of aliphatic hydroxyl groups excluding tert-OH is 1. The molecule has 33 heavy (non-hydrogen) atoms. The van der Waals surface area contributed by atoms with E-state index in [4.69, 9.17) is 14.9 Å². The van der Waals surface area contributed by atoms with Crippen LogP contribution in [-0.4, -0.2) is 61.1 Å². The highest BCUT2D eigenvalue weighted by molar-refractivity contribution is 7.89. The number of primary sulfonamides is 1. The Balaban J connectivity index is 1.48. The Labute approximate surface area is 198 Å². The minimum atomic E-state index is -3.85. The number of anilines is 2. The van der Waals surface area contributed by atoms with E-state index in [1.807, 2.05) is 25.4 Å². The molecule has 0 bridgehead atoms. The molecule has 0 radical (unpaired) electrons. The van der Waals surface area contributed by atoms with Crippen LogP contribution in [0.1, 0.15) is 38.8 Å². The van der Waals surface area contributed by atoms with Gasteiger partial charge in [-0.15, -0.1) is 11.3 Å². The largest absolute Gasteiger partial charge is 0.489 e. The third-order valence-electron chi connectivity index (χ3n) is 5.54. The molecule has 2 aromatic rings. The number of nitrogens with two attached hydrogens (primary N) is 1. The third kappa shape index (κ3) is 5.98. The van der Waals surface area contributed by atoms with Gasteiger partial charge in [-0.1, -0.05) is 6.08 Å². The summed E-state index contributed by atoms with van der Waals surface area (Å²) in [6.07, 6.45) is 6.19. The topological polar surface area (TPSA) is 130 Å². The van der Waals surface area contributed by atoms with Crippen LogP contribution in [0.25, 0.3) is 5.57 Å². The number of thiazole rings is 1. The maximum absolute atomic E-state index is 11.8. The molecule has 1 atom stereocenters. The summed E-state index contributed by atoms with van der Waals surface area (Å²) in [5, 5.41) is 20.7. The number of aliphatic hydroxyl groups is 1. The Morgan fingerprint density at radius 2 is 2.06 bits per heavy atom. The Kier molecular flexibility index (Phi) is 7.15. The number of nitrogens with zero attached hydrogens (tertiary/aromatic N) is 3. The van der Waals surface area contributed by atoms with Crippen molar-refractivity contribution in [3.8, 4) is 5.75 Å². The van der Waals surface area contributed by atoms with Crippen molar-refractivity contribution in [2.75, 3.05) is 18.4 Å². The number of hydrogen-bond donors (Lipinski definition) is 3. The first-order chi connectivity index (χ1) is 15.7. The second-order valence-electron chi connectivity index (χ2n) is 8.45. The Morgan fingerprint density at radius 1 is 1.30 bits per heavy atom. The van der Waals surface area contributed by atoms with Gasteiger partial charge in [0.1, 0.15) is 11.9 Å². The van der Waals surface area contributed by atoms with Crippen LogP contribution < -0.4 is 15.2 Å². The van der Waals surface area contributed by atoms with Gasteiger partial charge in [0.2, 0.25) is 10.0 Å². The van der Waals surface area contributed by atoms with Crippen LogP contribution in [0, 0.1) is 0 Å². The minimum absolute atomic E-state index is 0.00344. The molecule has 9 nitrogen and oxygen atoms in total. The van der Waals surface area contributed by atoms with Crippen LogP contribution in [0.5, 0.6) is 5.75 Å². The number of ether oxygens (including phenoxy) is 1. The summed E-state index contributed by atoms with van der Waals surface area (Å²) in [7, 11) is -3.85. The van der Waals surface area contributed by atoms with Crippen molar-refractivity contribution in [3.05, 3.63) is 35.3 Å². The maximum Gasteiger partial charge on any atom is 0.238 e. The number of nitrogens with one attached hydrogen (secondary N) is 1. The van der Waals surface area contributed by atoms with Gasteiger partial charge in [0.25, 0.3) is 0 Å². The van der Waals surface area contributed by atoms with Crippen LogP contribution in [0.2, 0.25) is 0 Å². The average molecular weight is 492 g/mol. The zero-order chi connectivity index (χ0) is 23.6. The van der Waals surface area contributed by atoms with Crippen LogP contribution in [-0.2, 0) is 10.0 Å². The van der Waals surface area contributed by atoms with E-state index in [2.05, 4.69) is 21.3 Å². The van der Waals surface area contributed by atoms with Crippen LogP contribution in [0.15, 0.2) is 39.5 Å². The predicted octanol–water partition coefficient (Wildman–Crippen LogP) is 2.96. The summed E-state index contributed by atoms with van der Waals surface area (Å²) in [6.45, 7) is 5.51. The summed E-state index contributed by atoms with van der Waals surface area (Å²) in [5.74, 6) is 0.516. The second-order valence-corrected chi connectivity index (χ2v) is 10.9. The fourth-order valence-corrected chi connectivity index (χ4v) is 5.10. The number of sulfonamides is 1. The van der Waals surface area contributed by atoms with Crippen molar-refractivity contribution in [2.24, 2.45) is 10.1 Å². The van der Waals surface area contributed by atoms with Crippen molar-refractivity contribution in [1.29, 1.82) is 0 Å². The number of aliphatic imine (C=N–C) groups is 1. The number of allylic oxidation sites excluding steroid dienone is 1. The van der Waals surface area contributed by atoms with E-state index in [0.29, 0.717) is 16.6 Å². The molecule has 4 N–H and O–H groups in total. The number of piperidine rings is 1. The molecular weight excluding hydrogens is 462 g/mol. The van der Waals surface area contributed by atoms with Crippen molar-refractivity contribution in [2.45, 2.75) is 56.4 Å². The monoisotopic (exact) mass is 491 g/mol. The highest BCUT2D eigenvalue weighted by Crippen LogP contribution is 2.33. The molecule has 4 rings (SSSR count). The minimum Gasteiger partial charge on any atom is -0.489 e. The molecule has 11 heteroatoms. The first-order valence-corrected chi connectivity index (χ1v) is 13.3. The number of benzene rings is 1. The molecule has 3 heterocycles. The van der Waals surface area contributed by atoms with E-state index in [0.717, 1.165) is 43.6 Å². The number of dihydropyridines is 1.